The summed E-state index contributed by atoms with van der Waals surface area (Å²) in [5, 5.41) is 1.24. The minimum absolute atomic E-state index is 0.151. The highest BCUT2D eigenvalue weighted by Crippen LogP contribution is 2.32. The van der Waals surface area contributed by atoms with Crippen LogP contribution < -0.4 is 10.3 Å². The fourth-order valence-electron chi connectivity index (χ4n) is 4.61. The molecule has 5 rings (SSSR count). The van der Waals surface area contributed by atoms with Gasteiger partial charge in [0.25, 0.3) is 5.56 Å². The van der Waals surface area contributed by atoms with Gasteiger partial charge in [-0.05, 0) is 48.5 Å². The van der Waals surface area contributed by atoms with Crippen molar-refractivity contribution < 1.29 is 9.13 Å². The molecule has 0 bridgehead atoms. The monoisotopic (exact) mass is 417 g/mol. The first-order valence-electron chi connectivity index (χ1n) is 10.3. The van der Waals surface area contributed by atoms with Crippen LogP contribution in [-0.4, -0.2) is 34.7 Å². The van der Waals surface area contributed by atoms with E-state index in [4.69, 9.17) is 4.74 Å². The highest BCUT2D eigenvalue weighted by atomic mass is 19.1. The summed E-state index contributed by atoms with van der Waals surface area (Å²) in [7, 11) is 5.74. The van der Waals surface area contributed by atoms with E-state index in [1.807, 2.05) is 12.1 Å². The van der Waals surface area contributed by atoms with Gasteiger partial charge in [0.15, 0.2) is 0 Å². The van der Waals surface area contributed by atoms with Crippen LogP contribution in [0.1, 0.15) is 11.3 Å². The number of fused-ring (bicyclic) bond motifs is 3. The Morgan fingerprint density at radius 2 is 1.87 bits per heavy atom. The minimum Gasteiger partial charge on any atom is -0.496 e. The highest BCUT2D eigenvalue weighted by molar-refractivity contribution is 5.87. The standard InChI is InChI=1S/C25H24FN3O2/c1-27-10-9-22-21(15-27)20-7-5-18(14-23(20)28(22)2)29-11-8-16(12-25(29)30)19-6-4-17(26)13-24(19)31-3/h4-8,11-14H,9-10,15H2,1-3H3. The van der Waals surface area contributed by atoms with Gasteiger partial charge in [0.1, 0.15) is 11.6 Å². The number of hydrogen-bond acceptors (Lipinski definition) is 3. The molecule has 158 valence electrons. The van der Waals surface area contributed by atoms with Crippen molar-refractivity contribution in [2.45, 2.75) is 13.0 Å². The molecule has 2 aromatic heterocycles. The Bertz CT molecular complexity index is 1370. The predicted octanol–water partition coefficient (Wildman–Crippen LogP) is 4.13. The molecule has 0 aliphatic carbocycles. The molecule has 31 heavy (non-hydrogen) atoms. The smallest absolute Gasteiger partial charge is 0.255 e. The lowest BCUT2D eigenvalue weighted by Crippen LogP contribution is -2.26. The van der Waals surface area contributed by atoms with E-state index in [0.29, 0.717) is 16.9 Å². The molecule has 0 radical (unpaired) electrons. The van der Waals surface area contributed by atoms with Crippen molar-refractivity contribution in [1.29, 1.82) is 0 Å². The summed E-state index contributed by atoms with van der Waals surface area (Å²) in [6, 6.07) is 13.9. The third-order valence-electron chi connectivity index (χ3n) is 6.25. The molecule has 0 atom stereocenters. The lowest BCUT2D eigenvalue weighted by Gasteiger charge is -2.23. The van der Waals surface area contributed by atoms with Gasteiger partial charge in [-0.3, -0.25) is 9.36 Å². The topological polar surface area (TPSA) is 39.4 Å². The van der Waals surface area contributed by atoms with Crippen molar-refractivity contribution in [2.75, 3.05) is 20.7 Å². The Morgan fingerprint density at radius 3 is 2.65 bits per heavy atom. The fourth-order valence-corrected chi connectivity index (χ4v) is 4.61. The quantitative estimate of drug-likeness (QED) is 0.503. The van der Waals surface area contributed by atoms with Crippen LogP contribution in [-0.2, 0) is 20.0 Å². The molecule has 3 heterocycles. The third-order valence-corrected chi connectivity index (χ3v) is 6.25. The van der Waals surface area contributed by atoms with Crippen LogP contribution in [0, 0.1) is 5.82 Å². The molecule has 0 unspecified atom stereocenters. The number of pyridine rings is 1. The average molecular weight is 417 g/mol. The van der Waals surface area contributed by atoms with Crippen molar-refractivity contribution in [3.8, 4) is 22.6 Å². The molecule has 0 N–H and O–H groups in total. The van der Waals surface area contributed by atoms with Gasteiger partial charge in [-0.15, -0.1) is 0 Å². The second-order valence-corrected chi connectivity index (χ2v) is 8.14. The van der Waals surface area contributed by atoms with Crippen LogP contribution in [0.25, 0.3) is 27.7 Å². The zero-order valence-electron chi connectivity index (χ0n) is 17.9. The minimum atomic E-state index is -0.376. The number of ether oxygens (including phenoxy) is 1. The van der Waals surface area contributed by atoms with Gasteiger partial charge in [-0.25, -0.2) is 4.39 Å². The van der Waals surface area contributed by atoms with Crippen LogP contribution in [0.2, 0.25) is 0 Å². The summed E-state index contributed by atoms with van der Waals surface area (Å²) in [6.07, 6.45) is 2.79. The van der Waals surface area contributed by atoms with Crippen LogP contribution in [0.4, 0.5) is 4.39 Å². The molecule has 4 aromatic rings. The number of halogens is 1. The molecule has 0 saturated heterocycles. The zero-order chi connectivity index (χ0) is 21.7. The summed E-state index contributed by atoms with van der Waals surface area (Å²) < 4.78 is 22.7. The summed E-state index contributed by atoms with van der Waals surface area (Å²) in [4.78, 5) is 15.3. The summed E-state index contributed by atoms with van der Waals surface area (Å²) in [5.74, 6) is 0.0247. The molecule has 2 aromatic carbocycles. The Kier molecular flexibility index (Phi) is 4.67. The molecule has 0 amide bonds. The second-order valence-electron chi connectivity index (χ2n) is 8.14. The second kappa shape index (κ2) is 7.39. The largest absolute Gasteiger partial charge is 0.496 e. The van der Waals surface area contributed by atoms with E-state index in [0.717, 1.165) is 30.7 Å². The first kappa shape index (κ1) is 19.6. The van der Waals surface area contributed by atoms with Crippen molar-refractivity contribution in [2.24, 2.45) is 7.05 Å². The Morgan fingerprint density at radius 1 is 1.03 bits per heavy atom. The van der Waals surface area contributed by atoms with Crippen molar-refractivity contribution >= 4 is 10.9 Å². The average Bonchev–Trinajstić information content (AvgIpc) is 3.04. The normalized spacial score (nSPS) is 14.1. The molecule has 1 aliphatic rings. The van der Waals surface area contributed by atoms with Crippen LogP contribution >= 0.6 is 0 Å². The molecule has 0 saturated carbocycles. The first-order chi connectivity index (χ1) is 15.0. The number of rotatable bonds is 3. The number of aromatic nitrogens is 2. The van der Waals surface area contributed by atoms with Crippen molar-refractivity contribution in [3.05, 3.63) is 82.2 Å². The lowest BCUT2D eigenvalue weighted by atomic mass is 10.0. The maximum Gasteiger partial charge on any atom is 0.255 e. The van der Waals surface area contributed by atoms with Crippen molar-refractivity contribution in [1.82, 2.24) is 14.0 Å². The van der Waals surface area contributed by atoms with Crippen molar-refractivity contribution in [3.63, 3.8) is 0 Å². The van der Waals surface area contributed by atoms with Gasteiger partial charge in [-0.1, -0.05) is 6.07 Å². The molecule has 1 aliphatic heterocycles. The van der Waals surface area contributed by atoms with E-state index in [2.05, 4.69) is 35.7 Å². The van der Waals surface area contributed by atoms with E-state index in [1.165, 1.54) is 35.9 Å². The van der Waals surface area contributed by atoms with E-state index >= 15 is 0 Å². The van der Waals surface area contributed by atoms with Crippen LogP contribution in [0.3, 0.4) is 0 Å². The third kappa shape index (κ3) is 3.24. The van der Waals surface area contributed by atoms with Gasteiger partial charge in [-0.2, -0.15) is 0 Å². The van der Waals surface area contributed by atoms with Gasteiger partial charge in [0.05, 0.1) is 18.3 Å². The Hall–Kier alpha value is -3.38. The van der Waals surface area contributed by atoms with E-state index < -0.39 is 0 Å². The zero-order valence-corrected chi connectivity index (χ0v) is 17.9. The number of aryl methyl sites for hydroxylation is 1. The Labute approximate surface area is 179 Å². The summed E-state index contributed by atoms with van der Waals surface area (Å²) >= 11 is 0. The van der Waals surface area contributed by atoms with Crippen LogP contribution in [0.5, 0.6) is 5.75 Å². The number of nitrogens with zero attached hydrogens (tertiary/aromatic N) is 3. The van der Waals surface area contributed by atoms with Crippen LogP contribution in [0.15, 0.2) is 59.5 Å². The van der Waals surface area contributed by atoms with Gasteiger partial charge < -0.3 is 14.2 Å². The first-order valence-corrected chi connectivity index (χ1v) is 10.3. The Balaban J connectivity index is 1.58. The number of hydrogen-bond donors (Lipinski definition) is 0. The summed E-state index contributed by atoms with van der Waals surface area (Å²) in [5.41, 5.74) is 5.93. The molecule has 5 nitrogen and oxygen atoms in total. The molecule has 6 heteroatoms. The molecule has 0 fully saturated rings. The number of methoxy groups -OCH3 is 1. The van der Waals surface area contributed by atoms with Gasteiger partial charge in [0, 0.05) is 61.5 Å². The lowest BCUT2D eigenvalue weighted by molar-refractivity contribution is 0.310. The SMILES string of the molecule is COc1cc(F)ccc1-c1ccn(-c2ccc3c4c(n(C)c3c2)CCN(C)C4)c(=O)c1. The van der Waals surface area contributed by atoms with Gasteiger partial charge >= 0.3 is 0 Å². The number of likely N-dealkylation sites (N-methyl/N-ethyl adjacent to an activating group) is 1. The maximum absolute atomic E-state index is 13.5. The molecular weight excluding hydrogens is 393 g/mol. The van der Waals surface area contributed by atoms with E-state index in [-0.39, 0.29) is 11.4 Å². The van der Waals surface area contributed by atoms with E-state index in [9.17, 15) is 9.18 Å². The highest BCUT2D eigenvalue weighted by Gasteiger charge is 2.21. The van der Waals surface area contributed by atoms with E-state index in [1.54, 1.807) is 22.9 Å². The van der Waals surface area contributed by atoms with Gasteiger partial charge in [0.2, 0.25) is 0 Å². The predicted molar refractivity (Wildman–Crippen MR) is 121 cm³/mol. The maximum atomic E-state index is 13.5. The summed E-state index contributed by atoms with van der Waals surface area (Å²) in [6.45, 7) is 2.00. The molecular formula is C25H24FN3O2. The number of benzene rings is 2. The molecule has 0 spiro atoms. The fraction of sp³-hybridized carbons (Fsp3) is 0.240.